The molecular formula is C16H10Cl6O2. The molecule has 2 nitrogen and oxygen atoms in total. The molecule has 0 aliphatic heterocycles. The van der Waals surface area contributed by atoms with Crippen molar-refractivity contribution < 1.29 is 9.47 Å². The van der Waals surface area contributed by atoms with E-state index in [-0.39, 0.29) is 17.7 Å². The molecule has 0 aliphatic carbocycles. The molecule has 2 aromatic rings. The van der Waals surface area contributed by atoms with Gasteiger partial charge in [-0.25, -0.2) is 0 Å². The molecule has 8 heteroatoms. The standard InChI is InChI=1S/C16H10Cl6O2/c17-11-2-1-3-12(18)10(11)8-24-16-13(19)6-9(7-14(16)20)23-5-4-15(21)22/h1-4,6-7H,5,8H2. The SMILES string of the molecule is ClC(Cl)=CCOc1cc(Cl)c(OCc2c(Cl)cccc2Cl)c(Cl)c1. The predicted octanol–water partition coefficient (Wildman–Crippen LogP) is 7.58. The molecule has 0 unspecified atom stereocenters. The zero-order chi connectivity index (χ0) is 17.7. The molecule has 0 spiro atoms. The minimum Gasteiger partial charge on any atom is -0.489 e. The molecule has 2 aromatic carbocycles. The maximum absolute atomic E-state index is 6.20. The van der Waals surface area contributed by atoms with Crippen LogP contribution in [0, 0.1) is 0 Å². The highest BCUT2D eigenvalue weighted by atomic mass is 35.5. The Morgan fingerprint density at radius 2 is 1.46 bits per heavy atom. The zero-order valence-electron chi connectivity index (χ0n) is 12.0. The fraction of sp³-hybridized carbons (Fsp3) is 0.125. The first-order valence-electron chi connectivity index (χ1n) is 6.57. The van der Waals surface area contributed by atoms with Gasteiger partial charge in [-0.2, -0.15) is 0 Å². The highest BCUT2D eigenvalue weighted by molar-refractivity contribution is 6.55. The third kappa shape index (κ3) is 5.52. The Hall–Kier alpha value is -0.480. The van der Waals surface area contributed by atoms with E-state index in [4.69, 9.17) is 79.1 Å². The van der Waals surface area contributed by atoms with Gasteiger partial charge in [0.25, 0.3) is 0 Å². The van der Waals surface area contributed by atoms with E-state index < -0.39 is 0 Å². The smallest absolute Gasteiger partial charge is 0.157 e. The first kappa shape index (κ1) is 19.8. The molecule has 0 heterocycles. The second-order valence-electron chi connectivity index (χ2n) is 4.51. The van der Waals surface area contributed by atoms with Crippen molar-refractivity contribution in [2.75, 3.05) is 6.61 Å². The van der Waals surface area contributed by atoms with Crippen molar-refractivity contribution in [1.29, 1.82) is 0 Å². The molecule has 0 N–H and O–H groups in total. The average Bonchev–Trinajstić information content (AvgIpc) is 2.48. The van der Waals surface area contributed by atoms with E-state index in [0.29, 0.717) is 37.2 Å². The number of ether oxygens (including phenoxy) is 2. The zero-order valence-corrected chi connectivity index (χ0v) is 16.5. The van der Waals surface area contributed by atoms with Crippen LogP contribution in [-0.4, -0.2) is 6.61 Å². The number of halogens is 6. The molecule has 0 atom stereocenters. The lowest BCUT2D eigenvalue weighted by atomic mass is 10.2. The summed E-state index contributed by atoms with van der Waals surface area (Å²) in [5.74, 6) is 0.770. The maximum Gasteiger partial charge on any atom is 0.157 e. The van der Waals surface area contributed by atoms with Gasteiger partial charge in [-0.1, -0.05) is 75.7 Å². The fourth-order valence-electron chi connectivity index (χ4n) is 1.77. The molecule has 0 saturated carbocycles. The Morgan fingerprint density at radius 3 is 2.00 bits per heavy atom. The van der Waals surface area contributed by atoms with Crippen LogP contribution < -0.4 is 9.47 Å². The molecular weight excluding hydrogens is 437 g/mol. The molecule has 0 radical (unpaired) electrons. The second-order valence-corrected chi connectivity index (χ2v) is 7.15. The first-order chi connectivity index (χ1) is 11.4. The van der Waals surface area contributed by atoms with Crippen molar-refractivity contribution in [2.24, 2.45) is 0 Å². The van der Waals surface area contributed by atoms with Crippen molar-refractivity contribution in [3.05, 3.63) is 66.6 Å². The van der Waals surface area contributed by atoms with Crippen LogP contribution in [0.5, 0.6) is 11.5 Å². The van der Waals surface area contributed by atoms with Crippen LogP contribution in [0.1, 0.15) is 5.56 Å². The lowest BCUT2D eigenvalue weighted by molar-refractivity contribution is 0.305. The Kier molecular flexibility index (Phi) is 7.67. The van der Waals surface area contributed by atoms with Gasteiger partial charge in [0, 0.05) is 27.7 Å². The van der Waals surface area contributed by atoms with Gasteiger partial charge in [0.15, 0.2) is 5.75 Å². The van der Waals surface area contributed by atoms with Gasteiger partial charge >= 0.3 is 0 Å². The van der Waals surface area contributed by atoms with Crippen LogP contribution in [0.25, 0.3) is 0 Å². The van der Waals surface area contributed by atoms with Gasteiger partial charge in [0.1, 0.15) is 23.5 Å². The molecule has 0 saturated heterocycles. The van der Waals surface area contributed by atoms with Gasteiger partial charge < -0.3 is 9.47 Å². The fourth-order valence-corrected chi connectivity index (χ4v) is 2.98. The predicted molar refractivity (Wildman–Crippen MR) is 103 cm³/mol. The lowest BCUT2D eigenvalue weighted by Gasteiger charge is -2.13. The minimum atomic E-state index is 0.115. The average molecular weight is 447 g/mol. The number of rotatable bonds is 6. The van der Waals surface area contributed by atoms with Gasteiger partial charge in [-0.15, -0.1) is 0 Å². The Labute approximate surface area is 169 Å². The largest absolute Gasteiger partial charge is 0.489 e. The van der Waals surface area contributed by atoms with Crippen molar-refractivity contribution in [1.82, 2.24) is 0 Å². The Balaban J connectivity index is 2.12. The van der Waals surface area contributed by atoms with Crippen LogP contribution in [-0.2, 0) is 6.61 Å². The van der Waals surface area contributed by atoms with Crippen LogP contribution in [0.2, 0.25) is 20.1 Å². The third-order valence-corrected chi connectivity index (χ3v) is 4.46. The van der Waals surface area contributed by atoms with Gasteiger partial charge in [0.05, 0.1) is 10.0 Å². The summed E-state index contributed by atoms with van der Waals surface area (Å²) in [5, 5.41) is 1.59. The first-order valence-corrected chi connectivity index (χ1v) is 8.84. The topological polar surface area (TPSA) is 18.5 Å². The van der Waals surface area contributed by atoms with Gasteiger partial charge in [-0.05, 0) is 18.2 Å². The summed E-state index contributed by atoms with van der Waals surface area (Å²) >= 11 is 35.6. The van der Waals surface area contributed by atoms with E-state index >= 15 is 0 Å². The van der Waals surface area contributed by atoms with Crippen LogP contribution >= 0.6 is 69.6 Å². The number of hydrogen-bond acceptors (Lipinski definition) is 2. The molecule has 0 amide bonds. The van der Waals surface area contributed by atoms with Gasteiger partial charge in [-0.3, -0.25) is 0 Å². The summed E-state index contributed by atoms with van der Waals surface area (Å²) in [6.45, 7) is 0.313. The summed E-state index contributed by atoms with van der Waals surface area (Å²) in [5.41, 5.74) is 0.648. The van der Waals surface area contributed by atoms with E-state index in [1.807, 2.05) is 0 Å². The molecule has 128 valence electrons. The number of hydrogen-bond donors (Lipinski definition) is 0. The highest BCUT2D eigenvalue weighted by Crippen LogP contribution is 2.38. The quantitative estimate of drug-likeness (QED) is 0.455. The highest BCUT2D eigenvalue weighted by Gasteiger charge is 2.13. The van der Waals surface area contributed by atoms with Crippen LogP contribution in [0.3, 0.4) is 0 Å². The summed E-state index contributed by atoms with van der Waals surface area (Å²) < 4.78 is 11.2. The summed E-state index contributed by atoms with van der Waals surface area (Å²) in [6, 6.07) is 8.35. The summed E-state index contributed by atoms with van der Waals surface area (Å²) in [7, 11) is 0. The summed E-state index contributed by atoms with van der Waals surface area (Å²) in [4.78, 5) is 0. The normalized spacial score (nSPS) is 10.4. The molecule has 0 fully saturated rings. The monoisotopic (exact) mass is 444 g/mol. The molecule has 24 heavy (non-hydrogen) atoms. The Morgan fingerprint density at radius 1 is 0.875 bits per heavy atom. The third-order valence-electron chi connectivity index (χ3n) is 2.88. The van der Waals surface area contributed by atoms with Crippen LogP contribution in [0.15, 0.2) is 40.9 Å². The van der Waals surface area contributed by atoms with E-state index in [2.05, 4.69) is 0 Å². The van der Waals surface area contributed by atoms with Gasteiger partial charge in [0.2, 0.25) is 0 Å². The van der Waals surface area contributed by atoms with E-state index in [1.54, 1.807) is 30.3 Å². The molecule has 2 rings (SSSR count). The van der Waals surface area contributed by atoms with Crippen molar-refractivity contribution >= 4 is 69.6 Å². The summed E-state index contributed by atoms with van der Waals surface area (Å²) in [6.07, 6.45) is 1.49. The Bertz CT molecular complexity index is 713. The molecule has 0 aromatic heterocycles. The van der Waals surface area contributed by atoms with Crippen molar-refractivity contribution in [2.45, 2.75) is 6.61 Å². The van der Waals surface area contributed by atoms with Crippen LogP contribution in [0.4, 0.5) is 0 Å². The van der Waals surface area contributed by atoms with E-state index in [9.17, 15) is 0 Å². The minimum absolute atomic E-state index is 0.115. The van der Waals surface area contributed by atoms with E-state index in [0.717, 1.165) is 0 Å². The lowest BCUT2D eigenvalue weighted by Crippen LogP contribution is -2.00. The van der Waals surface area contributed by atoms with E-state index in [1.165, 1.54) is 6.08 Å². The number of benzene rings is 2. The van der Waals surface area contributed by atoms with Crippen molar-refractivity contribution in [3.8, 4) is 11.5 Å². The molecule has 0 aliphatic rings. The second kappa shape index (κ2) is 9.28. The maximum atomic E-state index is 6.20. The van der Waals surface area contributed by atoms with Crippen molar-refractivity contribution in [3.63, 3.8) is 0 Å². The molecule has 0 bridgehead atoms.